The molecule has 90 valence electrons. The van der Waals surface area contributed by atoms with Gasteiger partial charge >= 0.3 is 0 Å². The Balaban J connectivity index is 2.16. The first-order valence-corrected chi connectivity index (χ1v) is 6.15. The second-order valence-electron chi connectivity index (χ2n) is 5.73. The molecule has 0 amide bonds. The molecule has 0 bridgehead atoms. The van der Waals surface area contributed by atoms with Crippen molar-refractivity contribution < 1.29 is 4.74 Å². The second-order valence-corrected chi connectivity index (χ2v) is 5.73. The quantitative estimate of drug-likeness (QED) is 0.677. The molecule has 2 heteroatoms. The summed E-state index contributed by atoms with van der Waals surface area (Å²) in [4.78, 5) is 2.51. The highest BCUT2D eigenvalue weighted by Crippen LogP contribution is 2.47. The Morgan fingerprint density at radius 1 is 1.31 bits per heavy atom. The van der Waals surface area contributed by atoms with Crippen molar-refractivity contribution in [2.24, 2.45) is 5.41 Å². The van der Waals surface area contributed by atoms with Gasteiger partial charge in [0.1, 0.15) is 5.72 Å². The van der Waals surface area contributed by atoms with Crippen LogP contribution in [0.5, 0.6) is 0 Å². The van der Waals surface area contributed by atoms with Crippen LogP contribution < -0.4 is 0 Å². The van der Waals surface area contributed by atoms with Gasteiger partial charge in [-0.05, 0) is 38.5 Å². The SMILES string of the molecule is C=CCC1(CC=C)C[C@@H]2COC(C)(C)N2C1. The number of ether oxygens (including phenoxy) is 1. The van der Waals surface area contributed by atoms with Gasteiger partial charge in [0.15, 0.2) is 0 Å². The second kappa shape index (κ2) is 4.01. The largest absolute Gasteiger partial charge is 0.359 e. The Morgan fingerprint density at radius 3 is 2.44 bits per heavy atom. The van der Waals surface area contributed by atoms with Crippen LogP contribution in [0.2, 0.25) is 0 Å². The van der Waals surface area contributed by atoms with E-state index in [0.717, 1.165) is 26.0 Å². The molecule has 2 aliphatic heterocycles. The average molecular weight is 221 g/mol. The van der Waals surface area contributed by atoms with Crippen molar-refractivity contribution in [3.8, 4) is 0 Å². The first-order chi connectivity index (χ1) is 7.53. The Kier molecular flexibility index (Phi) is 2.97. The van der Waals surface area contributed by atoms with Crippen LogP contribution in [0.25, 0.3) is 0 Å². The standard InChI is InChI=1S/C14H23NO/c1-5-7-14(8-6-2)9-12-10-16-13(3,4)15(12)11-14/h5-6,12H,1-2,7-11H2,3-4H3/t12-/m1/s1. The minimum atomic E-state index is -0.0885. The molecule has 2 rings (SSSR count). The van der Waals surface area contributed by atoms with E-state index in [1.165, 1.54) is 6.42 Å². The van der Waals surface area contributed by atoms with E-state index in [1.807, 2.05) is 0 Å². The number of rotatable bonds is 4. The van der Waals surface area contributed by atoms with Crippen LogP contribution in [0.15, 0.2) is 25.3 Å². The molecule has 16 heavy (non-hydrogen) atoms. The van der Waals surface area contributed by atoms with E-state index in [2.05, 4.69) is 44.1 Å². The molecule has 2 aliphatic rings. The van der Waals surface area contributed by atoms with Gasteiger partial charge in [0.05, 0.1) is 6.61 Å². The Hall–Kier alpha value is -0.600. The van der Waals surface area contributed by atoms with Crippen LogP contribution in [0.1, 0.15) is 33.1 Å². The lowest BCUT2D eigenvalue weighted by Gasteiger charge is -2.33. The summed E-state index contributed by atoms with van der Waals surface area (Å²) in [5.41, 5.74) is 0.268. The van der Waals surface area contributed by atoms with Crippen LogP contribution in [-0.2, 0) is 4.74 Å². The molecule has 0 aromatic heterocycles. The smallest absolute Gasteiger partial charge is 0.116 e. The average Bonchev–Trinajstić information content (AvgIpc) is 2.67. The third kappa shape index (κ3) is 1.85. The fourth-order valence-electron chi connectivity index (χ4n) is 3.32. The van der Waals surface area contributed by atoms with Crippen LogP contribution in [0.4, 0.5) is 0 Å². The van der Waals surface area contributed by atoms with Crippen molar-refractivity contribution in [2.75, 3.05) is 13.2 Å². The monoisotopic (exact) mass is 221 g/mol. The summed E-state index contributed by atoms with van der Waals surface area (Å²) >= 11 is 0. The molecule has 2 nitrogen and oxygen atoms in total. The molecule has 2 heterocycles. The molecule has 0 spiro atoms. The van der Waals surface area contributed by atoms with Crippen LogP contribution in [0, 0.1) is 5.41 Å². The fraction of sp³-hybridized carbons (Fsp3) is 0.714. The van der Waals surface area contributed by atoms with Gasteiger partial charge in [-0.15, -0.1) is 13.2 Å². The van der Waals surface area contributed by atoms with Gasteiger partial charge in [0.2, 0.25) is 0 Å². The topological polar surface area (TPSA) is 12.5 Å². The lowest BCUT2D eigenvalue weighted by atomic mass is 9.79. The lowest BCUT2D eigenvalue weighted by Crippen LogP contribution is -2.42. The van der Waals surface area contributed by atoms with Crippen molar-refractivity contribution in [3.63, 3.8) is 0 Å². The maximum atomic E-state index is 5.83. The van der Waals surface area contributed by atoms with Gasteiger partial charge in [-0.1, -0.05) is 12.2 Å². The first kappa shape index (κ1) is 11.9. The number of nitrogens with zero attached hydrogens (tertiary/aromatic N) is 1. The summed E-state index contributed by atoms with van der Waals surface area (Å²) in [6.45, 7) is 14.1. The molecular weight excluding hydrogens is 198 g/mol. The third-order valence-electron chi connectivity index (χ3n) is 4.09. The Bertz CT molecular complexity index is 285. The molecule has 0 radical (unpaired) electrons. The van der Waals surface area contributed by atoms with Gasteiger partial charge in [-0.25, -0.2) is 0 Å². The van der Waals surface area contributed by atoms with Gasteiger partial charge < -0.3 is 4.74 Å². The normalized spacial score (nSPS) is 31.2. The predicted molar refractivity (Wildman–Crippen MR) is 67.2 cm³/mol. The molecule has 2 saturated heterocycles. The minimum Gasteiger partial charge on any atom is -0.359 e. The molecule has 2 fully saturated rings. The summed E-state index contributed by atoms with van der Waals surface area (Å²) in [7, 11) is 0. The predicted octanol–water partition coefficient (Wildman–Crippen LogP) is 2.97. The molecule has 0 unspecified atom stereocenters. The van der Waals surface area contributed by atoms with Gasteiger partial charge in [0, 0.05) is 12.6 Å². The zero-order chi connectivity index (χ0) is 11.8. The minimum absolute atomic E-state index is 0.0885. The molecule has 0 aromatic rings. The van der Waals surface area contributed by atoms with Gasteiger partial charge in [-0.2, -0.15) is 0 Å². The molecule has 1 atom stereocenters. The number of hydrogen-bond acceptors (Lipinski definition) is 2. The lowest BCUT2D eigenvalue weighted by molar-refractivity contribution is -0.0562. The summed E-state index contributed by atoms with van der Waals surface area (Å²) < 4.78 is 5.83. The van der Waals surface area contributed by atoms with Crippen LogP contribution in [0.3, 0.4) is 0 Å². The maximum absolute atomic E-state index is 5.83. The molecular formula is C14H23NO. The van der Waals surface area contributed by atoms with Crippen molar-refractivity contribution in [1.82, 2.24) is 4.90 Å². The zero-order valence-corrected chi connectivity index (χ0v) is 10.5. The number of allylic oxidation sites excluding steroid dienone is 2. The highest BCUT2D eigenvalue weighted by Gasteiger charge is 2.51. The van der Waals surface area contributed by atoms with Crippen molar-refractivity contribution in [2.45, 2.75) is 44.9 Å². The Labute approximate surface area is 99.0 Å². The van der Waals surface area contributed by atoms with E-state index in [1.54, 1.807) is 0 Å². The van der Waals surface area contributed by atoms with E-state index in [-0.39, 0.29) is 5.72 Å². The molecule has 0 N–H and O–H groups in total. The van der Waals surface area contributed by atoms with Crippen molar-refractivity contribution >= 4 is 0 Å². The number of fused-ring (bicyclic) bond motifs is 1. The van der Waals surface area contributed by atoms with Crippen LogP contribution >= 0.6 is 0 Å². The highest BCUT2D eigenvalue weighted by molar-refractivity contribution is 5.05. The van der Waals surface area contributed by atoms with Crippen LogP contribution in [-0.4, -0.2) is 29.8 Å². The first-order valence-electron chi connectivity index (χ1n) is 6.15. The summed E-state index contributed by atoms with van der Waals surface area (Å²) in [5.74, 6) is 0. The Morgan fingerprint density at radius 2 is 1.94 bits per heavy atom. The summed E-state index contributed by atoms with van der Waals surface area (Å²) in [5, 5.41) is 0. The maximum Gasteiger partial charge on any atom is 0.116 e. The molecule has 0 aliphatic carbocycles. The van der Waals surface area contributed by atoms with E-state index in [4.69, 9.17) is 4.74 Å². The fourth-order valence-corrected chi connectivity index (χ4v) is 3.32. The number of hydrogen-bond donors (Lipinski definition) is 0. The van der Waals surface area contributed by atoms with Gasteiger partial charge in [-0.3, -0.25) is 4.90 Å². The van der Waals surface area contributed by atoms with E-state index in [0.29, 0.717) is 11.5 Å². The summed E-state index contributed by atoms with van der Waals surface area (Å²) in [6.07, 6.45) is 7.50. The third-order valence-corrected chi connectivity index (χ3v) is 4.09. The molecule has 0 saturated carbocycles. The van der Waals surface area contributed by atoms with E-state index >= 15 is 0 Å². The van der Waals surface area contributed by atoms with E-state index < -0.39 is 0 Å². The van der Waals surface area contributed by atoms with Crippen molar-refractivity contribution in [1.29, 1.82) is 0 Å². The highest BCUT2D eigenvalue weighted by atomic mass is 16.5. The zero-order valence-electron chi connectivity index (χ0n) is 10.5. The van der Waals surface area contributed by atoms with E-state index in [9.17, 15) is 0 Å². The summed E-state index contributed by atoms with van der Waals surface area (Å²) in [6, 6.07) is 0.592. The molecule has 0 aromatic carbocycles. The van der Waals surface area contributed by atoms with Gasteiger partial charge in [0.25, 0.3) is 0 Å². The van der Waals surface area contributed by atoms with Crippen molar-refractivity contribution in [3.05, 3.63) is 25.3 Å².